The summed E-state index contributed by atoms with van der Waals surface area (Å²) in [5.41, 5.74) is 1.27. The summed E-state index contributed by atoms with van der Waals surface area (Å²) in [5, 5.41) is 0. The van der Waals surface area contributed by atoms with Crippen LogP contribution in [0.4, 0.5) is 23.0 Å². The molecule has 0 saturated heterocycles. The van der Waals surface area contributed by atoms with Crippen LogP contribution in [0, 0.1) is 0 Å². The molecule has 17 heavy (non-hydrogen) atoms. The van der Waals surface area contributed by atoms with Gasteiger partial charge in [0, 0.05) is 11.4 Å². The third-order valence-electron chi connectivity index (χ3n) is 1.98. The lowest BCUT2D eigenvalue weighted by Crippen LogP contribution is -2.24. The Morgan fingerprint density at radius 1 is 1.29 bits per heavy atom. The average Bonchev–Trinajstić information content (AvgIpc) is 2.50. The van der Waals surface area contributed by atoms with E-state index in [4.69, 9.17) is 11.6 Å². The quantitative estimate of drug-likeness (QED) is 0.325. The molecule has 0 saturated carbocycles. The summed E-state index contributed by atoms with van der Waals surface area (Å²) >= 11 is 7.85. The van der Waals surface area contributed by atoms with Crippen molar-refractivity contribution in [1.29, 1.82) is 0 Å². The van der Waals surface area contributed by atoms with Crippen LogP contribution in [-0.2, 0) is 0 Å². The zero-order valence-electron chi connectivity index (χ0n) is 8.92. The zero-order chi connectivity index (χ0) is 13.1. The van der Waals surface area contributed by atoms with E-state index < -0.39 is 7.25 Å². The Hall–Kier alpha value is -0.555. The second-order valence-electron chi connectivity index (χ2n) is 3.16. The molecule has 8 heteroatoms. The topological polar surface area (TPSA) is 3.24 Å². The SMILES string of the molecule is CCN1c2ccccc2SC1Cl.F[B-](F)(F)F. The van der Waals surface area contributed by atoms with Gasteiger partial charge < -0.3 is 22.2 Å². The minimum Gasteiger partial charge on any atom is -0.418 e. The van der Waals surface area contributed by atoms with E-state index in [0.717, 1.165) is 6.54 Å². The molecule has 0 N–H and O–H groups in total. The molecule has 0 spiro atoms. The van der Waals surface area contributed by atoms with Gasteiger partial charge in [0.1, 0.15) is 0 Å². The van der Waals surface area contributed by atoms with Gasteiger partial charge in [-0.3, -0.25) is 0 Å². The Labute approximate surface area is 106 Å². The van der Waals surface area contributed by atoms with Crippen molar-refractivity contribution >= 4 is 36.3 Å². The van der Waals surface area contributed by atoms with Crippen LogP contribution in [0.5, 0.6) is 0 Å². The van der Waals surface area contributed by atoms with E-state index in [1.807, 2.05) is 0 Å². The van der Waals surface area contributed by atoms with Crippen LogP contribution in [0.15, 0.2) is 29.2 Å². The van der Waals surface area contributed by atoms with E-state index in [1.165, 1.54) is 10.6 Å². The summed E-state index contributed by atoms with van der Waals surface area (Å²) < 4.78 is 39.0. The number of fused-ring (bicyclic) bond motifs is 1. The summed E-state index contributed by atoms with van der Waals surface area (Å²) in [6.07, 6.45) is 0. The van der Waals surface area contributed by atoms with Gasteiger partial charge in [0.15, 0.2) is 4.83 Å². The lowest BCUT2D eigenvalue weighted by molar-refractivity contribution is 0.368. The number of anilines is 1. The molecule has 1 atom stereocenters. The maximum atomic E-state index is 9.75. The van der Waals surface area contributed by atoms with E-state index >= 15 is 0 Å². The molecule has 1 aliphatic rings. The Balaban J connectivity index is 0.000000249. The minimum absolute atomic E-state index is 0.0763. The van der Waals surface area contributed by atoms with Gasteiger partial charge in [-0.25, -0.2) is 0 Å². The number of benzene rings is 1. The number of hydrogen-bond donors (Lipinski definition) is 0. The number of para-hydroxylation sites is 1. The molecule has 2 rings (SSSR count). The van der Waals surface area contributed by atoms with E-state index in [9.17, 15) is 17.3 Å². The fourth-order valence-electron chi connectivity index (χ4n) is 1.39. The number of alkyl halides is 1. The zero-order valence-corrected chi connectivity index (χ0v) is 10.5. The molecule has 1 aromatic rings. The number of thioether (sulfide) groups is 1. The van der Waals surface area contributed by atoms with E-state index in [0.29, 0.717) is 0 Å². The van der Waals surface area contributed by atoms with Gasteiger partial charge in [0.2, 0.25) is 0 Å². The molecule has 0 fully saturated rings. The lowest BCUT2D eigenvalue weighted by Gasteiger charge is -2.19. The van der Waals surface area contributed by atoms with Crippen LogP contribution in [-0.4, -0.2) is 18.6 Å². The first-order valence-corrected chi connectivity index (χ1v) is 6.18. The summed E-state index contributed by atoms with van der Waals surface area (Å²) in [7, 11) is -6.00. The van der Waals surface area contributed by atoms with Gasteiger partial charge in [-0.1, -0.05) is 35.5 Å². The number of halogens is 5. The van der Waals surface area contributed by atoms with Crippen molar-refractivity contribution in [2.75, 3.05) is 11.4 Å². The molecule has 0 amide bonds. The van der Waals surface area contributed by atoms with Crippen molar-refractivity contribution in [2.45, 2.75) is 16.7 Å². The molecule has 1 heterocycles. The van der Waals surface area contributed by atoms with Gasteiger partial charge in [0.05, 0.1) is 5.69 Å². The minimum atomic E-state index is -6.00. The standard InChI is InChI=1S/C9H10ClNS.BF4/c1-2-11-7-5-3-4-6-8(7)12-9(11)10;2-1(3,4)5/h3-6,9H,2H2,1H3;/q;-1. The highest BCUT2D eigenvalue weighted by Gasteiger charge is 2.26. The lowest BCUT2D eigenvalue weighted by atomic mass is 10.3. The Morgan fingerprint density at radius 2 is 1.82 bits per heavy atom. The van der Waals surface area contributed by atoms with Gasteiger partial charge in [-0.05, 0) is 19.1 Å². The third kappa shape index (κ3) is 4.67. The summed E-state index contributed by atoms with van der Waals surface area (Å²) in [4.78, 5) is 3.56. The highest BCUT2D eigenvalue weighted by atomic mass is 35.5. The highest BCUT2D eigenvalue weighted by Crippen LogP contribution is 2.44. The molecule has 1 unspecified atom stereocenters. The molecule has 0 aromatic heterocycles. The predicted octanol–water partition coefficient (Wildman–Crippen LogP) is 4.44. The van der Waals surface area contributed by atoms with Crippen LogP contribution in [0.3, 0.4) is 0 Å². The second kappa shape index (κ2) is 5.86. The Kier molecular flexibility index (Phi) is 5.00. The molecule has 0 radical (unpaired) electrons. The van der Waals surface area contributed by atoms with Crippen molar-refractivity contribution in [2.24, 2.45) is 0 Å². The molecular weight excluding hydrogens is 276 g/mol. The maximum Gasteiger partial charge on any atom is 0.673 e. The first-order valence-electron chi connectivity index (χ1n) is 4.86. The van der Waals surface area contributed by atoms with E-state index in [-0.39, 0.29) is 4.83 Å². The summed E-state index contributed by atoms with van der Waals surface area (Å²) in [6.45, 7) is 3.09. The average molecular weight is 287 g/mol. The first-order chi connectivity index (χ1) is 7.83. The monoisotopic (exact) mass is 286 g/mol. The van der Waals surface area contributed by atoms with Crippen LogP contribution < -0.4 is 4.90 Å². The van der Waals surface area contributed by atoms with Gasteiger partial charge in [-0.15, -0.1) is 0 Å². The predicted molar refractivity (Wildman–Crippen MR) is 65.1 cm³/mol. The largest absolute Gasteiger partial charge is 0.673 e. The van der Waals surface area contributed by atoms with E-state index in [2.05, 4.69) is 36.1 Å². The van der Waals surface area contributed by atoms with Gasteiger partial charge in [-0.2, -0.15) is 0 Å². The van der Waals surface area contributed by atoms with Crippen LogP contribution in [0.2, 0.25) is 0 Å². The normalized spacial score (nSPS) is 18.5. The van der Waals surface area contributed by atoms with Gasteiger partial charge >= 0.3 is 7.25 Å². The Bertz CT molecular complexity index is 370. The number of nitrogens with zero attached hydrogens (tertiary/aromatic N) is 1. The maximum absolute atomic E-state index is 9.75. The van der Waals surface area contributed by atoms with Crippen molar-refractivity contribution in [1.82, 2.24) is 0 Å². The van der Waals surface area contributed by atoms with Crippen molar-refractivity contribution < 1.29 is 17.3 Å². The highest BCUT2D eigenvalue weighted by molar-refractivity contribution is 8.01. The molecule has 1 aliphatic heterocycles. The fraction of sp³-hybridized carbons (Fsp3) is 0.333. The summed E-state index contributed by atoms with van der Waals surface area (Å²) in [6, 6.07) is 8.34. The van der Waals surface area contributed by atoms with E-state index in [1.54, 1.807) is 11.8 Å². The summed E-state index contributed by atoms with van der Waals surface area (Å²) in [5.74, 6) is 0. The fourth-order valence-corrected chi connectivity index (χ4v) is 2.98. The number of hydrogen-bond acceptors (Lipinski definition) is 2. The molecule has 96 valence electrons. The molecule has 0 bridgehead atoms. The third-order valence-corrected chi connectivity index (χ3v) is 3.54. The van der Waals surface area contributed by atoms with Crippen LogP contribution in [0.25, 0.3) is 0 Å². The second-order valence-corrected chi connectivity index (χ2v) is 4.95. The van der Waals surface area contributed by atoms with Crippen LogP contribution in [0.1, 0.15) is 6.92 Å². The van der Waals surface area contributed by atoms with Crippen molar-refractivity contribution in [3.05, 3.63) is 24.3 Å². The molecule has 1 aromatic carbocycles. The number of rotatable bonds is 1. The van der Waals surface area contributed by atoms with Crippen molar-refractivity contribution in [3.8, 4) is 0 Å². The first kappa shape index (κ1) is 14.5. The smallest absolute Gasteiger partial charge is 0.418 e. The molecule has 1 nitrogen and oxygen atoms in total. The Morgan fingerprint density at radius 3 is 2.35 bits per heavy atom. The molecule has 0 aliphatic carbocycles. The van der Waals surface area contributed by atoms with Crippen LogP contribution >= 0.6 is 23.4 Å². The molecular formula is C9H10BClF4NS-. The van der Waals surface area contributed by atoms with Crippen molar-refractivity contribution in [3.63, 3.8) is 0 Å². The van der Waals surface area contributed by atoms with Gasteiger partial charge in [0.25, 0.3) is 0 Å².